The van der Waals surface area contributed by atoms with Crippen molar-refractivity contribution >= 4 is 54.9 Å². The Kier molecular flexibility index (Phi) is 15.5. The van der Waals surface area contributed by atoms with Crippen molar-refractivity contribution in [2.24, 2.45) is 0 Å². The van der Waals surface area contributed by atoms with Gasteiger partial charge in [0.15, 0.2) is 0 Å². The Labute approximate surface area is 163 Å². The van der Waals surface area contributed by atoms with Gasteiger partial charge < -0.3 is 15.5 Å². The van der Waals surface area contributed by atoms with Crippen LogP contribution >= 0.6 is 49.0 Å². The van der Waals surface area contributed by atoms with Crippen LogP contribution in [0.15, 0.2) is 0 Å². The predicted molar refractivity (Wildman–Crippen MR) is 107 cm³/mol. The molecule has 2 atom stereocenters. The predicted octanol–water partition coefficient (Wildman–Crippen LogP) is 1.10. The quantitative estimate of drug-likeness (QED) is 0.712. The molecule has 140 valence electrons. The first-order valence-corrected chi connectivity index (χ1v) is 8.80. The number of halogens is 3. The Hall–Kier alpha value is 0.570. The minimum Gasteiger partial charge on any atom is -0.352 e. The minimum atomic E-state index is 0. The van der Waals surface area contributed by atoms with Crippen molar-refractivity contribution in [3.63, 3.8) is 0 Å². The van der Waals surface area contributed by atoms with Crippen LogP contribution < -0.4 is 10.6 Å². The molecule has 0 bridgehead atoms. The van der Waals surface area contributed by atoms with Crippen molar-refractivity contribution in [2.75, 3.05) is 57.8 Å². The molecule has 0 aromatic carbocycles. The summed E-state index contributed by atoms with van der Waals surface area (Å²) >= 11 is 1.94. The molecule has 0 saturated carbocycles. The molecule has 1 amide bonds. The fraction of sp³-hybridized carbons (Fsp3) is 0.929. The third kappa shape index (κ3) is 10.2. The van der Waals surface area contributed by atoms with E-state index in [-0.39, 0.29) is 49.2 Å². The first-order chi connectivity index (χ1) is 9.63. The van der Waals surface area contributed by atoms with Gasteiger partial charge in [-0.25, -0.2) is 0 Å². The van der Waals surface area contributed by atoms with Crippen LogP contribution in [0.2, 0.25) is 0 Å². The van der Waals surface area contributed by atoms with E-state index in [1.807, 2.05) is 11.8 Å². The molecule has 2 saturated heterocycles. The second-order valence-electron chi connectivity index (χ2n) is 6.00. The lowest BCUT2D eigenvalue weighted by Crippen LogP contribution is -2.50. The number of amides is 1. The van der Waals surface area contributed by atoms with Gasteiger partial charge in [0.2, 0.25) is 5.91 Å². The third-order valence-electron chi connectivity index (χ3n) is 3.97. The Morgan fingerprint density at radius 1 is 1.26 bits per heavy atom. The summed E-state index contributed by atoms with van der Waals surface area (Å²) in [4.78, 5) is 16.8. The molecule has 0 aromatic rings. The molecule has 2 aliphatic heterocycles. The van der Waals surface area contributed by atoms with E-state index in [9.17, 15) is 4.79 Å². The third-order valence-corrected chi connectivity index (χ3v) is 5.10. The first kappa shape index (κ1) is 25.8. The van der Waals surface area contributed by atoms with Gasteiger partial charge in [0.05, 0.1) is 0 Å². The van der Waals surface area contributed by atoms with Gasteiger partial charge in [0, 0.05) is 69.3 Å². The van der Waals surface area contributed by atoms with Crippen molar-refractivity contribution in [3.8, 4) is 0 Å². The van der Waals surface area contributed by atoms with Gasteiger partial charge in [0.25, 0.3) is 0 Å². The van der Waals surface area contributed by atoms with Gasteiger partial charge in [-0.05, 0) is 14.0 Å². The fourth-order valence-electron chi connectivity index (χ4n) is 2.77. The summed E-state index contributed by atoms with van der Waals surface area (Å²) in [5.74, 6) is 2.41. The van der Waals surface area contributed by atoms with Crippen LogP contribution in [0.5, 0.6) is 0 Å². The van der Waals surface area contributed by atoms with Gasteiger partial charge in [-0.1, -0.05) is 0 Å². The zero-order chi connectivity index (χ0) is 14.4. The minimum absolute atomic E-state index is 0. The number of piperazine rings is 1. The smallest absolute Gasteiger partial charge is 0.221 e. The number of carbonyl (C=O) groups is 1. The van der Waals surface area contributed by atoms with E-state index >= 15 is 0 Å². The second-order valence-corrected chi connectivity index (χ2v) is 7.15. The Morgan fingerprint density at radius 2 is 1.91 bits per heavy atom. The lowest BCUT2D eigenvalue weighted by atomic mass is 10.2. The highest BCUT2D eigenvalue weighted by Gasteiger charge is 2.20. The largest absolute Gasteiger partial charge is 0.352 e. The number of rotatable bonds is 5. The van der Waals surface area contributed by atoms with E-state index in [0.29, 0.717) is 12.5 Å². The number of thioether (sulfide) groups is 1. The summed E-state index contributed by atoms with van der Waals surface area (Å²) in [5, 5.41) is 6.55. The molecule has 2 aliphatic rings. The number of likely N-dealkylation sites (N-methyl/N-ethyl adjacent to an activating group) is 1. The zero-order valence-electron chi connectivity index (χ0n) is 14.0. The summed E-state index contributed by atoms with van der Waals surface area (Å²) in [5.41, 5.74) is 0. The molecule has 2 unspecified atom stereocenters. The van der Waals surface area contributed by atoms with Crippen LogP contribution in [0.3, 0.4) is 0 Å². The van der Waals surface area contributed by atoms with E-state index in [4.69, 9.17) is 0 Å². The Morgan fingerprint density at radius 3 is 2.48 bits per heavy atom. The summed E-state index contributed by atoms with van der Waals surface area (Å²) in [6, 6.07) is 0.590. The van der Waals surface area contributed by atoms with E-state index < -0.39 is 0 Å². The maximum atomic E-state index is 12.0. The molecule has 9 heteroatoms. The summed E-state index contributed by atoms with van der Waals surface area (Å²) in [6.07, 6.45) is 0.611. The van der Waals surface area contributed by atoms with Gasteiger partial charge in [-0.2, -0.15) is 11.8 Å². The topological polar surface area (TPSA) is 47.6 Å². The monoisotopic (exact) mass is 408 g/mol. The average Bonchev–Trinajstić information content (AvgIpc) is 2.42. The standard InChI is InChI=1S/C14H28N4OS.3ClH/c1-12(10-18-6-4-17(2)5-7-18)16-14(19)9-13-11-20-8-3-15-13;;;/h12-13,15H,3-11H2,1-2H3,(H,16,19);3*1H. The molecule has 0 aliphatic carbocycles. The molecule has 23 heavy (non-hydrogen) atoms. The van der Waals surface area contributed by atoms with Crippen molar-refractivity contribution in [1.29, 1.82) is 0 Å². The maximum absolute atomic E-state index is 12.0. The van der Waals surface area contributed by atoms with Crippen LogP contribution in [0.4, 0.5) is 0 Å². The van der Waals surface area contributed by atoms with Crippen LogP contribution in [0, 0.1) is 0 Å². The summed E-state index contributed by atoms with van der Waals surface area (Å²) in [7, 11) is 2.16. The molecule has 5 nitrogen and oxygen atoms in total. The molecule has 0 radical (unpaired) electrons. The van der Waals surface area contributed by atoms with Crippen molar-refractivity contribution in [3.05, 3.63) is 0 Å². The fourth-order valence-corrected chi connectivity index (χ4v) is 3.72. The van der Waals surface area contributed by atoms with Gasteiger partial charge >= 0.3 is 0 Å². The normalized spacial score (nSPS) is 23.7. The number of nitrogens with one attached hydrogen (secondary N) is 2. The molecule has 2 N–H and O–H groups in total. The molecule has 0 aromatic heterocycles. The maximum Gasteiger partial charge on any atom is 0.221 e. The number of hydrogen-bond donors (Lipinski definition) is 2. The van der Waals surface area contributed by atoms with Gasteiger partial charge in [-0.15, -0.1) is 37.2 Å². The van der Waals surface area contributed by atoms with Crippen LogP contribution in [0.1, 0.15) is 13.3 Å². The Balaban J connectivity index is 0. The van der Waals surface area contributed by atoms with E-state index in [0.717, 1.165) is 50.8 Å². The van der Waals surface area contributed by atoms with E-state index in [2.05, 4.69) is 34.4 Å². The molecular formula is C14H31Cl3N4OS. The molecule has 2 fully saturated rings. The van der Waals surface area contributed by atoms with Crippen molar-refractivity contribution in [2.45, 2.75) is 25.4 Å². The van der Waals surface area contributed by atoms with Crippen LogP contribution in [0.25, 0.3) is 0 Å². The van der Waals surface area contributed by atoms with Gasteiger partial charge in [0.1, 0.15) is 0 Å². The van der Waals surface area contributed by atoms with E-state index in [1.54, 1.807) is 0 Å². The molecule has 0 spiro atoms. The Bertz CT molecular complexity index is 314. The van der Waals surface area contributed by atoms with Crippen molar-refractivity contribution < 1.29 is 4.79 Å². The lowest BCUT2D eigenvalue weighted by Gasteiger charge is -2.34. The SMILES string of the molecule is CC(CN1CCN(C)CC1)NC(=O)CC1CSCCN1.Cl.Cl.Cl. The first-order valence-electron chi connectivity index (χ1n) is 7.65. The number of hydrogen-bond acceptors (Lipinski definition) is 5. The highest BCUT2D eigenvalue weighted by atomic mass is 35.5. The van der Waals surface area contributed by atoms with Gasteiger partial charge in [-0.3, -0.25) is 9.69 Å². The lowest BCUT2D eigenvalue weighted by molar-refractivity contribution is -0.122. The summed E-state index contributed by atoms with van der Waals surface area (Å²) in [6.45, 7) is 8.58. The van der Waals surface area contributed by atoms with E-state index in [1.165, 1.54) is 0 Å². The highest BCUT2D eigenvalue weighted by molar-refractivity contribution is 7.99. The molecule has 2 rings (SSSR count). The number of nitrogens with zero attached hydrogens (tertiary/aromatic N) is 2. The second kappa shape index (κ2) is 13.8. The number of carbonyl (C=O) groups excluding carboxylic acids is 1. The highest BCUT2D eigenvalue weighted by Crippen LogP contribution is 2.10. The average molecular weight is 410 g/mol. The van der Waals surface area contributed by atoms with Crippen molar-refractivity contribution in [1.82, 2.24) is 20.4 Å². The molecule has 2 heterocycles. The zero-order valence-corrected chi connectivity index (χ0v) is 17.2. The van der Waals surface area contributed by atoms with Crippen LogP contribution in [-0.2, 0) is 4.79 Å². The van der Waals surface area contributed by atoms with Crippen LogP contribution in [-0.4, -0.2) is 85.6 Å². The summed E-state index contributed by atoms with van der Waals surface area (Å²) < 4.78 is 0. The molecular weight excluding hydrogens is 379 g/mol.